The number of alkyl halides is 1. The molecule has 6 heteroatoms. The van der Waals surface area contributed by atoms with Gasteiger partial charge in [-0.3, -0.25) is 4.98 Å². The molecule has 0 saturated heterocycles. The lowest BCUT2D eigenvalue weighted by Gasteiger charge is -2.12. The van der Waals surface area contributed by atoms with Gasteiger partial charge in [-0.2, -0.15) is 0 Å². The molecule has 0 fully saturated rings. The van der Waals surface area contributed by atoms with E-state index in [1.807, 2.05) is 6.92 Å². The molecule has 4 nitrogen and oxygen atoms in total. The Labute approximate surface area is 98.3 Å². The molecule has 1 rings (SSSR count). The van der Waals surface area contributed by atoms with E-state index in [0.717, 1.165) is 11.8 Å². The summed E-state index contributed by atoms with van der Waals surface area (Å²) in [6, 6.07) is 3.04. The molecular formula is C9H13BrN2O2S. The quantitative estimate of drug-likeness (QED) is 0.838. The molecule has 15 heavy (non-hydrogen) atoms. The fraction of sp³-hybridized carbons (Fsp3) is 0.444. The van der Waals surface area contributed by atoms with E-state index in [0.29, 0.717) is 0 Å². The highest BCUT2D eigenvalue weighted by Gasteiger charge is 2.16. The number of aromatic nitrogens is 1. The third kappa shape index (κ3) is 3.89. The Morgan fingerprint density at radius 3 is 2.87 bits per heavy atom. The van der Waals surface area contributed by atoms with E-state index in [-0.39, 0.29) is 10.9 Å². The van der Waals surface area contributed by atoms with Crippen LogP contribution < -0.4 is 4.72 Å². The fourth-order valence-electron chi connectivity index (χ4n) is 1.06. The maximum Gasteiger partial charge on any atom is 0.242 e. The predicted octanol–water partition coefficient (Wildman–Crippen LogP) is 1.53. The average Bonchev–Trinajstić information content (AvgIpc) is 2.18. The Bertz CT molecular complexity index is 394. The molecule has 1 heterocycles. The van der Waals surface area contributed by atoms with Gasteiger partial charge < -0.3 is 0 Å². The largest absolute Gasteiger partial charge is 0.263 e. The van der Waals surface area contributed by atoms with E-state index in [1.54, 1.807) is 12.3 Å². The van der Waals surface area contributed by atoms with Gasteiger partial charge in [-0.15, -0.1) is 0 Å². The zero-order chi connectivity index (χ0) is 11.3. The highest BCUT2D eigenvalue weighted by atomic mass is 79.9. The van der Waals surface area contributed by atoms with Gasteiger partial charge in [-0.05, 0) is 25.5 Å². The first-order valence-corrected chi connectivity index (χ1v) is 7.15. The first-order valence-electron chi connectivity index (χ1n) is 4.54. The van der Waals surface area contributed by atoms with Crippen LogP contribution >= 0.6 is 15.9 Å². The molecule has 0 aliphatic carbocycles. The summed E-state index contributed by atoms with van der Waals surface area (Å²) in [5.41, 5.74) is 0. The minimum atomic E-state index is -3.42. The Hall–Kier alpha value is -0.460. The van der Waals surface area contributed by atoms with Crippen molar-refractivity contribution in [2.24, 2.45) is 0 Å². The normalized spacial score (nSPS) is 13.7. The molecule has 1 atom stereocenters. The molecule has 84 valence electrons. The van der Waals surface area contributed by atoms with Gasteiger partial charge >= 0.3 is 0 Å². The minimum Gasteiger partial charge on any atom is -0.263 e. The number of rotatable bonds is 5. The number of sulfonamides is 1. The van der Waals surface area contributed by atoms with Crippen LogP contribution in [0.5, 0.6) is 0 Å². The van der Waals surface area contributed by atoms with Crippen molar-refractivity contribution in [1.82, 2.24) is 9.71 Å². The highest BCUT2D eigenvalue weighted by molar-refractivity contribution is 9.09. The SMILES string of the molecule is CC(CCBr)NS(=O)(=O)c1cccnc1. The summed E-state index contributed by atoms with van der Waals surface area (Å²) in [7, 11) is -3.42. The fourth-order valence-corrected chi connectivity index (χ4v) is 2.99. The second kappa shape index (κ2) is 5.58. The van der Waals surface area contributed by atoms with Gasteiger partial charge in [0, 0.05) is 23.8 Å². The first-order chi connectivity index (χ1) is 7.06. The zero-order valence-electron chi connectivity index (χ0n) is 8.35. The molecule has 0 aliphatic rings. The van der Waals surface area contributed by atoms with Crippen molar-refractivity contribution in [2.75, 3.05) is 5.33 Å². The van der Waals surface area contributed by atoms with E-state index in [9.17, 15) is 8.42 Å². The van der Waals surface area contributed by atoms with E-state index in [1.165, 1.54) is 12.3 Å². The van der Waals surface area contributed by atoms with Crippen molar-refractivity contribution in [1.29, 1.82) is 0 Å². The average molecular weight is 293 g/mol. The molecule has 0 radical (unpaired) electrons. The molecule has 1 unspecified atom stereocenters. The van der Waals surface area contributed by atoms with Gasteiger partial charge in [-0.25, -0.2) is 13.1 Å². The molecule has 0 saturated carbocycles. The number of halogens is 1. The van der Waals surface area contributed by atoms with Crippen LogP contribution in [-0.2, 0) is 10.0 Å². The maximum atomic E-state index is 11.8. The molecule has 0 bridgehead atoms. The van der Waals surface area contributed by atoms with Crippen LogP contribution in [0.4, 0.5) is 0 Å². The van der Waals surface area contributed by atoms with Gasteiger partial charge in [0.25, 0.3) is 0 Å². The lowest BCUT2D eigenvalue weighted by atomic mass is 10.3. The lowest BCUT2D eigenvalue weighted by Crippen LogP contribution is -2.32. The Kier molecular flexibility index (Phi) is 4.69. The van der Waals surface area contributed by atoms with Crippen LogP contribution in [0.25, 0.3) is 0 Å². The number of pyridine rings is 1. The van der Waals surface area contributed by atoms with Crippen LogP contribution in [0.1, 0.15) is 13.3 Å². The molecule has 1 aromatic rings. The van der Waals surface area contributed by atoms with E-state index in [2.05, 4.69) is 25.6 Å². The van der Waals surface area contributed by atoms with Crippen molar-refractivity contribution >= 4 is 26.0 Å². The summed E-state index contributed by atoms with van der Waals surface area (Å²) in [5, 5.41) is 0.768. The standard InChI is InChI=1S/C9H13BrN2O2S/c1-8(4-5-10)12-15(13,14)9-3-2-6-11-7-9/h2-3,6-8,12H,4-5H2,1H3. The molecular weight excluding hydrogens is 280 g/mol. The third-order valence-electron chi connectivity index (χ3n) is 1.84. The number of hydrogen-bond donors (Lipinski definition) is 1. The molecule has 0 aromatic carbocycles. The second-order valence-electron chi connectivity index (χ2n) is 3.19. The number of hydrogen-bond acceptors (Lipinski definition) is 3. The van der Waals surface area contributed by atoms with Gasteiger partial charge in [0.2, 0.25) is 10.0 Å². The van der Waals surface area contributed by atoms with Crippen LogP contribution in [0.15, 0.2) is 29.4 Å². The Morgan fingerprint density at radius 2 is 2.33 bits per heavy atom. The number of nitrogens with zero attached hydrogens (tertiary/aromatic N) is 1. The summed E-state index contributed by atoms with van der Waals surface area (Å²) in [4.78, 5) is 3.98. The Balaban J connectivity index is 2.77. The van der Waals surface area contributed by atoms with Crippen molar-refractivity contribution in [3.05, 3.63) is 24.5 Å². The summed E-state index contributed by atoms with van der Waals surface area (Å²) < 4.78 is 26.1. The monoisotopic (exact) mass is 292 g/mol. The van der Waals surface area contributed by atoms with Gasteiger partial charge in [0.1, 0.15) is 4.90 Å². The summed E-state index contributed by atoms with van der Waals surface area (Å²) in [5.74, 6) is 0. The van der Waals surface area contributed by atoms with E-state index < -0.39 is 10.0 Å². The highest BCUT2D eigenvalue weighted by Crippen LogP contribution is 2.07. The maximum absolute atomic E-state index is 11.8. The zero-order valence-corrected chi connectivity index (χ0v) is 10.8. The molecule has 0 aliphatic heterocycles. The van der Waals surface area contributed by atoms with E-state index in [4.69, 9.17) is 0 Å². The predicted molar refractivity (Wildman–Crippen MR) is 62.4 cm³/mol. The molecule has 0 spiro atoms. The van der Waals surface area contributed by atoms with Crippen molar-refractivity contribution < 1.29 is 8.42 Å². The lowest BCUT2D eigenvalue weighted by molar-refractivity contribution is 0.557. The van der Waals surface area contributed by atoms with E-state index >= 15 is 0 Å². The molecule has 1 N–H and O–H groups in total. The van der Waals surface area contributed by atoms with Crippen molar-refractivity contribution in [3.63, 3.8) is 0 Å². The molecule has 0 amide bonds. The first kappa shape index (κ1) is 12.6. The van der Waals surface area contributed by atoms with Crippen LogP contribution in [0.3, 0.4) is 0 Å². The summed E-state index contributed by atoms with van der Waals surface area (Å²) in [6.45, 7) is 1.83. The van der Waals surface area contributed by atoms with Crippen LogP contribution in [0.2, 0.25) is 0 Å². The second-order valence-corrected chi connectivity index (χ2v) is 5.70. The van der Waals surface area contributed by atoms with Gasteiger partial charge in [0.05, 0.1) is 0 Å². The van der Waals surface area contributed by atoms with Crippen molar-refractivity contribution in [3.8, 4) is 0 Å². The van der Waals surface area contributed by atoms with Crippen LogP contribution in [-0.4, -0.2) is 24.8 Å². The number of nitrogens with one attached hydrogen (secondary N) is 1. The molecule has 1 aromatic heterocycles. The third-order valence-corrected chi connectivity index (χ3v) is 3.88. The minimum absolute atomic E-state index is 0.0884. The smallest absolute Gasteiger partial charge is 0.242 e. The van der Waals surface area contributed by atoms with Gasteiger partial charge in [0.15, 0.2) is 0 Å². The van der Waals surface area contributed by atoms with Gasteiger partial charge in [-0.1, -0.05) is 15.9 Å². The van der Waals surface area contributed by atoms with Crippen LogP contribution in [0, 0.1) is 0 Å². The van der Waals surface area contributed by atoms with Crippen molar-refractivity contribution in [2.45, 2.75) is 24.3 Å². The summed E-state index contributed by atoms with van der Waals surface area (Å²) >= 11 is 3.27. The Morgan fingerprint density at radius 1 is 1.60 bits per heavy atom. The summed E-state index contributed by atoms with van der Waals surface area (Å²) in [6.07, 6.45) is 3.63. The topological polar surface area (TPSA) is 59.1 Å².